The van der Waals surface area contributed by atoms with E-state index in [1.165, 1.54) is 19.3 Å². The van der Waals surface area contributed by atoms with Gasteiger partial charge in [-0.15, -0.1) is 0 Å². The maximum Gasteiger partial charge on any atom is 0.226 e. The van der Waals surface area contributed by atoms with Gasteiger partial charge >= 0.3 is 0 Å². The van der Waals surface area contributed by atoms with Crippen LogP contribution >= 0.6 is 0 Å². The van der Waals surface area contributed by atoms with Gasteiger partial charge in [0.15, 0.2) is 0 Å². The van der Waals surface area contributed by atoms with Gasteiger partial charge in [-0.25, -0.2) is 0 Å². The molecule has 2 aliphatic carbocycles. The largest absolute Gasteiger partial charge is 0.395 e. The monoisotopic (exact) mass is 227 g/mol. The summed E-state index contributed by atoms with van der Waals surface area (Å²) in [5.74, 6) is 1.63. The highest BCUT2D eigenvalue weighted by Crippen LogP contribution is 2.48. The number of hydrogen-bond donors (Lipinski definition) is 2. The molecule has 4 heteroatoms. The Kier molecular flexibility index (Phi) is 3.82. The highest BCUT2D eigenvalue weighted by molar-refractivity contribution is 5.79. The first kappa shape index (κ1) is 11.9. The molecule has 0 aliphatic heterocycles. The van der Waals surface area contributed by atoms with Gasteiger partial charge in [-0.3, -0.25) is 4.79 Å². The van der Waals surface area contributed by atoms with Crippen molar-refractivity contribution in [1.29, 1.82) is 0 Å². The van der Waals surface area contributed by atoms with Crippen LogP contribution in [0, 0.1) is 17.8 Å². The Morgan fingerprint density at radius 3 is 2.25 bits per heavy atom. The van der Waals surface area contributed by atoms with Crippen molar-refractivity contribution in [3.05, 3.63) is 0 Å². The Morgan fingerprint density at radius 1 is 1.12 bits per heavy atom. The number of fused-ring (bicyclic) bond motifs is 2. The number of carbonyl (C=O) groups excluding carboxylic acids is 1. The Bertz CT molecular complexity index is 251. The average molecular weight is 227 g/mol. The molecule has 0 aromatic heterocycles. The maximum atomic E-state index is 12.2. The normalized spacial score (nSPS) is 32.0. The van der Waals surface area contributed by atoms with Crippen LogP contribution < -0.4 is 0 Å². The predicted molar refractivity (Wildman–Crippen MR) is 59.7 cm³/mol. The van der Waals surface area contributed by atoms with Gasteiger partial charge in [-0.2, -0.15) is 0 Å². The molecule has 0 radical (unpaired) electrons. The summed E-state index contributed by atoms with van der Waals surface area (Å²) in [4.78, 5) is 13.8. The van der Waals surface area contributed by atoms with E-state index in [1.807, 2.05) is 0 Å². The van der Waals surface area contributed by atoms with Crippen LogP contribution in [0.3, 0.4) is 0 Å². The molecule has 2 fully saturated rings. The van der Waals surface area contributed by atoms with Crippen molar-refractivity contribution in [1.82, 2.24) is 4.90 Å². The summed E-state index contributed by atoms with van der Waals surface area (Å²) >= 11 is 0. The molecule has 3 atom stereocenters. The lowest BCUT2D eigenvalue weighted by atomic mass is 9.88. The second-order valence-electron chi connectivity index (χ2n) is 5.05. The van der Waals surface area contributed by atoms with Crippen molar-refractivity contribution in [3.63, 3.8) is 0 Å². The number of aliphatic hydroxyl groups excluding tert-OH is 2. The molecule has 0 saturated heterocycles. The molecular formula is C12H21NO3. The minimum atomic E-state index is -0.0213. The third-order valence-electron chi connectivity index (χ3n) is 4.11. The number of rotatable bonds is 5. The van der Waals surface area contributed by atoms with Crippen LogP contribution in [0.1, 0.15) is 25.7 Å². The number of amides is 1. The van der Waals surface area contributed by atoms with Crippen LogP contribution in [0.25, 0.3) is 0 Å². The SMILES string of the molecule is O=C(C1CC2CCC1C2)N(CCO)CCO. The fourth-order valence-corrected chi connectivity index (χ4v) is 3.36. The van der Waals surface area contributed by atoms with Gasteiger partial charge in [0.1, 0.15) is 0 Å². The zero-order valence-electron chi connectivity index (χ0n) is 9.64. The predicted octanol–water partition coefficient (Wildman–Crippen LogP) is 0.236. The first-order valence-electron chi connectivity index (χ1n) is 6.26. The summed E-state index contributed by atoms with van der Waals surface area (Å²) in [5, 5.41) is 17.8. The molecule has 16 heavy (non-hydrogen) atoms. The van der Waals surface area contributed by atoms with Crippen LogP contribution in [0.2, 0.25) is 0 Å². The highest BCUT2D eigenvalue weighted by atomic mass is 16.3. The van der Waals surface area contributed by atoms with Crippen molar-refractivity contribution in [2.45, 2.75) is 25.7 Å². The van der Waals surface area contributed by atoms with E-state index >= 15 is 0 Å². The minimum absolute atomic E-state index is 0.0213. The Labute approximate surface area is 96.3 Å². The highest BCUT2D eigenvalue weighted by Gasteiger charge is 2.44. The minimum Gasteiger partial charge on any atom is -0.395 e. The molecule has 2 N–H and O–H groups in total. The summed E-state index contributed by atoms with van der Waals surface area (Å²) in [6.07, 6.45) is 4.71. The summed E-state index contributed by atoms with van der Waals surface area (Å²) in [6, 6.07) is 0. The smallest absolute Gasteiger partial charge is 0.226 e. The topological polar surface area (TPSA) is 60.8 Å². The lowest BCUT2D eigenvalue weighted by molar-refractivity contribution is -0.138. The van der Waals surface area contributed by atoms with Gasteiger partial charge in [0.2, 0.25) is 5.91 Å². The molecule has 2 aliphatic rings. The van der Waals surface area contributed by atoms with E-state index in [1.54, 1.807) is 4.90 Å². The third-order valence-corrected chi connectivity index (χ3v) is 4.11. The zero-order chi connectivity index (χ0) is 11.5. The Balaban J connectivity index is 1.94. The van der Waals surface area contributed by atoms with Gasteiger partial charge in [-0.05, 0) is 31.1 Å². The molecule has 1 amide bonds. The summed E-state index contributed by atoms with van der Waals surface area (Å²) in [7, 11) is 0. The van der Waals surface area contributed by atoms with Crippen LogP contribution in [0.4, 0.5) is 0 Å². The number of nitrogens with zero attached hydrogens (tertiary/aromatic N) is 1. The number of aliphatic hydroxyl groups is 2. The zero-order valence-corrected chi connectivity index (χ0v) is 9.64. The second kappa shape index (κ2) is 5.15. The lowest BCUT2D eigenvalue weighted by Crippen LogP contribution is -2.41. The standard InChI is InChI=1S/C12H21NO3/c14-5-3-13(4-6-15)12(16)11-8-9-1-2-10(11)7-9/h9-11,14-15H,1-8H2. The van der Waals surface area contributed by atoms with Gasteiger partial charge < -0.3 is 15.1 Å². The molecule has 2 rings (SSSR count). The van der Waals surface area contributed by atoms with E-state index in [0.717, 1.165) is 12.3 Å². The third kappa shape index (κ3) is 2.23. The van der Waals surface area contributed by atoms with Crippen molar-refractivity contribution in [2.24, 2.45) is 17.8 Å². The molecule has 4 nitrogen and oxygen atoms in total. The Hall–Kier alpha value is -0.610. The van der Waals surface area contributed by atoms with Crippen LogP contribution in [-0.2, 0) is 4.79 Å². The first-order chi connectivity index (χ1) is 7.76. The molecule has 0 aromatic carbocycles. The van der Waals surface area contributed by atoms with E-state index in [-0.39, 0.29) is 25.0 Å². The molecule has 2 saturated carbocycles. The lowest BCUT2D eigenvalue weighted by Gasteiger charge is -2.28. The molecule has 0 heterocycles. The van der Waals surface area contributed by atoms with Crippen molar-refractivity contribution >= 4 is 5.91 Å². The number of carbonyl (C=O) groups is 1. The first-order valence-corrected chi connectivity index (χ1v) is 6.26. The van der Waals surface area contributed by atoms with E-state index in [4.69, 9.17) is 10.2 Å². The number of hydrogen-bond acceptors (Lipinski definition) is 3. The van der Waals surface area contributed by atoms with Crippen LogP contribution in [-0.4, -0.2) is 47.3 Å². The van der Waals surface area contributed by atoms with Crippen LogP contribution in [0.15, 0.2) is 0 Å². The van der Waals surface area contributed by atoms with Gasteiger partial charge in [0.25, 0.3) is 0 Å². The molecule has 92 valence electrons. The van der Waals surface area contributed by atoms with E-state index in [2.05, 4.69) is 0 Å². The molecular weight excluding hydrogens is 206 g/mol. The van der Waals surface area contributed by atoms with E-state index in [0.29, 0.717) is 19.0 Å². The maximum absolute atomic E-state index is 12.2. The molecule has 0 aromatic rings. The van der Waals surface area contributed by atoms with Gasteiger partial charge in [0.05, 0.1) is 13.2 Å². The van der Waals surface area contributed by atoms with Crippen molar-refractivity contribution < 1.29 is 15.0 Å². The molecule has 0 spiro atoms. The van der Waals surface area contributed by atoms with Crippen molar-refractivity contribution in [2.75, 3.05) is 26.3 Å². The Morgan fingerprint density at radius 2 is 1.81 bits per heavy atom. The van der Waals surface area contributed by atoms with Crippen molar-refractivity contribution in [3.8, 4) is 0 Å². The van der Waals surface area contributed by atoms with Gasteiger partial charge in [-0.1, -0.05) is 6.42 Å². The van der Waals surface area contributed by atoms with E-state index in [9.17, 15) is 4.79 Å². The summed E-state index contributed by atoms with van der Waals surface area (Å²) < 4.78 is 0. The molecule has 2 bridgehead atoms. The fraction of sp³-hybridized carbons (Fsp3) is 0.917. The van der Waals surface area contributed by atoms with Crippen LogP contribution in [0.5, 0.6) is 0 Å². The van der Waals surface area contributed by atoms with Gasteiger partial charge in [0, 0.05) is 19.0 Å². The molecule has 3 unspecified atom stereocenters. The quantitative estimate of drug-likeness (QED) is 0.707. The average Bonchev–Trinajstić information content (AvgIpc) is 2.89. The fourth-order valence-electron chi connectivity index (χ4n) is 3.36. The summed E-state index contributed by atoms with van der Waals surface area (Å²) in [5.41, 5.74) is 0. The second-order valence-corrected chi connectivity index (χ2v) is 5.05. The summed E-state index contributed by atoms with van der Waals surface area (Å²) in [6.45, 7) is 0.666. The van der Waals surface area contributed by atoms with E-state index < -0.39 is 0 Å².